The van der Waals surface area contributed by atoms with Crippen molar-refractivity contribution in [3.05, 3.63) is 0 Å². The highest BCUT2D eigenvalue weighted by Crippen LogP contribution is 2.11. The van der Waals surface area contributed by atoms with Gasteiger partial charge in [-0.3, -0.25) is 0 Å². The first-order valence-corrected chi connectivity index (χ1v) is 6.40. The van der Waals surface area contributed by atoms with Crippen molar-refractivity contribution in [1.29, 1.82) is 0 Å². The summed E-state index contributed by atoms with van der Waals surface area (Å²) in [6, 6.07) is 0.285. The van der Waals surface area contributed by atoms with Gasteiger partial charge in [0.15, 0.2) is 0 Å². The molecule has 0 aliphatic heterocycles. The molecule has 0 radical (unpaired) electrons. The molecule has 0 bridgehead atoms. The van der Waals surface area contributed by atoms with Crippen LogP contribution in [0.15, 0.2) is 0 Å². The zero-order chi connectivity index (χ0) is 12.6. The molecule has 0 heterocycles. The zero-order valence-electron chi connectivity index (χ0n) is 11.7. The lowest BCUT2D eigenvalue weighted by Crippen LogP contribution is -2.47. The van der Waals surface area contributed by atoms with Gasteiger partial charge in [0.1, 0.15) is 0 Å². The molecule has 0 saturated carbocycles. The van der Waals surface area contributed by atoms with Crippen molar-refractivity contribution in [2.45, 2.75) is 59.3 Å². The van der Waals surface area contributed by atoms with Crippen molar-refractivity contribution in [1.82, 2.24) is 5.32 Å². The first-order valence-electron chi connectivity index (χ1n) is 6.40. The van der Waals surface area contributed by atoms with Gasteiger partial charge in [0.25, 0.3) is 0 Å². The van der Waals surface area contributed by atoms with Crippen molar-refractivity contribution in [3.8, 4) is 0 Å². The highest BCUT2D eigenvalue weighted by molar-refractivity contribution is 4.79. The van der Waals surface area contributed by atoms with E-state index in [0.717, 1.165) is 13.0 Å². The van der Waals surface area contributed by atoms with Crippen LogP contribution in [0.5, 0.6) is 0 Å². The molecule has 98 valence electrons. The molecule has 0 saturated heterocycles. The van der Waals surface area contributed by atoms with Gasteiger partial charge in [0, 0.05) is 7.11 Å². The molecule has 0 rings (SSSR count). The van der Waals surface area contributed by atoms with Crippen LogP contribution in [0.2, 0.25) is 0 Å². The number of ether oxygens (including phenoxy) is 2. The van der Waals surface area contributed by atoms with Crippen LogP contribution in [-0.4, -0.2) is 38.5 Å². The predicted molar refractivity (Wildman–Crippen MR) is 68.8 cm³/mol. The molecule has 3 nitrogen and oxygen atoms in total. The van der Waals surface area contributed by atoms with Crippen LogP contribution in [0.25, 0.3) is 0 Å². The molecular formula is C13H29NO2. The fraction of sp³-hybridized carbons (Fsp3) is 1.00. The third-order valence-electron chi connectivity index (χ3n) is 2.59. The molecule has 3 heteroatoms. The highest BCUT2D eigenvalue weighted by Gasteiger charge is 2.24. The summed E-state index contributed by atoms with van der Waals surface area (Å²) in [5.41, 5.74) is 0. The zero-order valence-corrected chi connectivity index (χ0v) is 11.7. The SMILES string of the molecule is CCCNC(COC(C)C)C(OC)C(C)C. The standard InChI is InChI=1S/C13H29NO2/c1-7-8-14-12(9-16-11(4)5)13(15-6)10(2)3/h10-14H,7-9H2,1-6H3. The van der Waals surface area contributed by atoms with Gasteiger partial charge in [-0.05, 0) is 32.7 Å². The number of hydrogen-bond acceptors (Lipinski definition) is 3. The Hall–Kier alpha value is -0.120. The van der Waals surface area contributed by atoms with Gasteiger partial charge in [-0.25, -0.2) is 0 Å². The lowest BCUT2D eigenvalue weighted by molar-refractivity contribution is -0.0168. The maximum atomic E-state index is 5.69. The summed E-state index contributed by atoms with van der Waals surface area (Å²) in [5, 5.41) is 3.51. The molecule has 2 atom stereocenters. The van der Waals surface area contributed by atoms with E-state index >= 15 is 0 Å². The van der Waals surface area contributed by atoms with Crippen molar-refractivity contribution >= 4 is 0 Å². The normalized spacial score (nSPS) is 15.8. The average Bonchev–Trinajstić information content (AvgIpc) is 2.21. The van der Waals surface area contributed by atoms with Crippen molar-refractivity contribution in [2.24, 2.45) is 5.92 Å². The second kappa shape index (κ2) is 8.97. The fourth-order valence-electron chi connectivity index (χ4n) is 1.80. The lowest BCUT2D eigenvalue weighted by atomic mass is 10.00. The van der Waals surface area contributed by atoms with E-state index in [9.17, 15) is 0 Å². The molecule has 1 N–H and O–H groups in total. The van der Waals surface area contributed by atoms with Gasteiger partial charge in [0.05, 0.1) is 24.9 Å². The summed E-state index contributed by atoms with van der Waals surface area (Å²) >= 11 is 0. The van der Waals surface area contributed by atoms with Crippen LogP contribution in [0.1, 0.15) is 41.0 Å². The highest BCUT2D eigenvalue weighted by atomic mass is 16.5. The van der Waals surface area contributed by atoms with Gasteiger partial charge in [-0.1, -0.05) is 20.8 Å². The number of hydrogen-bond donors (Lipinski definition) is 1. The third kappa shape index (κ3) is 6.46. The molecule has 0 aromatic rings. The Morgan fingerprint density at radius 3 is 2.12 bits per heavy atom. The van der Waals surface area contributed by atoms with Crippen LogP contribution >= 0.6 is 0 Å². The van der Waals surface area contributed by atoms with Gasteiger partial charge in [-0.15, -0.1) is 0 Å². The molecule has 0 spiro atoms. The summed E-state index contributed by atoms with van der Waals surface area (Å²) in [7, 11) is 1.78. The molecule has 0 amide bonds. The molecule has 0 aliphatic rings. The minimum Gasteiger partial charge on any atom is -0.379 e. The molecular weight excluding hydrogens is 202 g/mol. The Labute approximate surface area is 101 Å². The van der Waals surface area contributed by atoms with E-state index in [2.05, 4.69) is 39.9 Å². The van der Waals surface area contributed by atoms with Crippen molar-refractivity contribution in [2.75, 3.05) is 20.3 Å². The third-order valence-corrected chi connectivity index (χ3v) is 2.59. The summed E-state index contributed by atoms with van der Waals surface area (Å²) in [6.07, 6.45) is 1.62. The Morgan fingerprint density at radius 1 is 1.12 bits per heavy atom. The van der Waals surface area contributed by atoms with Crippen LogP contribution in [0.3, 0.4) is 0 Å². The lowest BCUT2D eigenvalue weighted by Gasteiger charge is -2.30. The number of rotatable bonds is 9. The number of nitrogens with one attached hydrogen (secondary N) is 1. The monoisotopic (exact) mass is 231 g/mol. The Balaban J connectivity index is 4.25. The molecule has 2 unspecified atom stereocenters. The van der Waals surface area contributed by atoms with Crippen molar-refractivity contribution in [3.63, 3.8) is 0 Å². The van der Waals surface area contributed by atoms with E-state index in [1.165, 1.54) is 0 Å². The fourth-order valence-corrected chi connectivity index (χ4v) is 1.80. The van der Waals surface area contributed by atoms with Gasteiger partial charge in [0.2, 0.25) is 0 Å². The van der Waals surface area contributed by atoms with Crippen molar-refractivity contribution < 1.29 is 9.47 Å². The maximum Gasteiger partial charge on any atom is 0.0769 e. The first-order chi connectivity index (χ1) is 7.52. The topological polar surface area (TPSA) is 30.5 Å². The van der Waals surface area contributed by atoms with Gasteiger partial charge < -0.3 is 14.8 Å². The van der Waals surface area contributed by atoms with Crippen LogP contribution in [-0.2, 0) is 9.47 Å². The van der Waals surface area contributed by atoms with Crippen LogP contribution < -0.4 is 5.32 Å². The Morgan fingerprint density at radius 2 is 1.75 bits per heavy atom. The van der Waals surface area contributed by atoms with Gasteiger partial charge >= 0.3 is 0 Å². The average molecular weight is 231 g/mol. The van der Waals surface area contributed by atoms with E-state index in [1.54, 1.807) is 7.11 Å². The second-order valence-electron chi connectivity index (χ2n) is 4.89. The minimum absolute atomic E-state index is 0.213. The van der Waals surface area contributed by atoms with Gasteiger partial charge in [-0.2, -0.15) is 0 Å². The van der Waals surface area contributed by atoms with E-state index in [0.29, 0.717) is 12.5 Å². The minimum atomic E-state index is 0.213. The molecule has 0 aromatic heterocycles. The predicted octanol–water partition coefficient (Wildman–Crippen LogP) is 2.45. The molecule has 0 aromatic carbocycles. The second-order valence-corrected chi connectivity index (χ2v) is 4.89. The molecule has 16 heavy (non-hydrogen) atoms. The molecule has 0 aliphatic carbocycles. The quantitative estimate of drug-likeness (QED) is 0.661. The maximum absolute atomic E-state index is 5.69. The summed E-state index contributed by atoms with van der Waals surface area (Å²) < 4.78 is 11.3. The summed E-state index contributed by atoms with van der Waals surface area (Å²) in [4.78, 5) is 0. The largest absolute Gasteiger partial charge is 0.379 e. The van der Waals surface area contributed by atoms with Crippen LogP contribution in [0.4, 0.5) is 0 Å². The first kappa shape index (κ1) is 15.9. The van der Waals surface area contributed by atoms with Crippen LogP contribution in [0, 0.1) is 5.92 Å². The number of methoxy groups -OCH3 is 1. The van der Waals surface area contributed by atoms with E-state index in [-0.39, 0.29) is 18.2 Å². The smallest absolute Gasteiger partial charge is 0.0769 e. The Kier molecular flexibility index (Phi) is 8.90. The summed E-state index contributed by atoms with van der Waals surface area (Å²) in [6.45, 7) is 12.4. The van der Waals surface area contributed by atoms with E-state index < -0.39 is 0 Å². The molecule has 0 fully saturated rings. The Bertz CT molecular complexity index is 160. The van der Waals surface area contributed by atoms with E-state index in [4.69, 9.17) is 9.47 Å². The van der Waals surface area contributed by atoms with E-state index in [1.807, 2.05) is 0 Å². The summed E-state index contributed by atoms with van der Waals surface area (Å²) in [5.74, 6) is 0.495.